The fourth-order valence-corrected chi connectivity index (χ4v) is 2.74. The minimum atomic E-state index is -0.280. The minimum Gasteiger partial charge on any atom is -0.463 e. The number of amides is 1. The zero-order chi connectivity index (χ0) is 16.2. The molecule has 5 nitrogen and oxygen atoms in total. The molecular formula is C16H24BrN3O2. The molecular weight excluding hydrogens is 346 g/mol. The van der Waals surface area contributed by atoms with E-state index in [1.165, 1.54) is 0 Å². The number of likely N-dealkylation sites (tertiary alicyclic amines) is 1. The van der Waals surface area contributed by atoms with Gasteiger partial charge in [-0.05, 0) is 35.2 Å². The van der Waals surface area contributed by atoms with Crippen molar-refractivity contribution in [3.05, 3.63) is 16.9 Å². The van der Waals surface area contributed by atoms with Gasteiger partial charge < -0.3 is 9.64 Å². The van der Waals surface area contributed by atoms with Crippen LogP contribution in [-0.2, 0) is 4.79 Å². The molecule has 1 fully saturated rings. The van der Waals surface area contributed by atoms with Gasteiger partial charge in [0.05, 0.1) is 11.1 Å². The smallest absolute Gasteiger partial charge is 0.316 e. The Hall–Kier alpha value is -1.17. The second kappa shape index (κ2) is 7.40. The molecule has 1 saturated heterocycles. The van der Waals surface area contributed by atoms with Crippen molar-refractivity contribution >= 4 is 21.8 Å². The van der Waals surface area contributed by atoms with Crippen molar-refractivity contribution in [1.29, 1.82) is 0 Å². The number of aromatic nitrogens is 2. The molecule has 1 aliphatic heterocycles. The van der Waals surface area contributed by atoms with Crippen LogP contribution >= 0.6 is 15.9 Å². The summed E-state index contributed by atoms with van der Waals surface area (Å²) in [5.74, 6) is 0.595. The molecule has 0 bridgehead atoms. The lowest BCUT2D eigenvalue weighted by molar-refractivity contribution is -0.142. The molecule has 1 atom stereocenters. The Morgan fingerprint density at radius 1 is 1.45 bits per heavy atom. The van der Waals surface area contributed by atoms with E-state index >= 15 is 0 Å². The number of ether oxygens (including phenoxy) is 1. The Kier molecular flexibility index (Phi) is 5.78. The summed E-state index contributed by atoms with van der Waals surface area (Å²) in [7, 11) is 0. The van der Waals surface area contributed by atoms with Crippen LogP contribution in [0.3, 0.4) is 0 Å². The second-order valence-corrected chi connectivity index (χ2v) is 7.41. The number of halogens is 1. The van der Waals surface area contributed by atoms with Gasteiger partial charge in [0.1, 0.15) is 0 Å². The molecule has 0 aliphatic carbocycles. The summed E-state index contributed by atoms with van der Waals surface area (Å²) < 4.78 is 6.49. The van der Waals surface area contributed by atoms with Crippen molar-refractivity contribution in [2.24, 2.45) is 11.3 Å². The number of hydrogen-bond acceptors (Lipinski definition) is 4. The first kappa shape index (κ1) is 17.2. The van der Waals surface area contributed by atoms with Crippen LogP contribution in [0.25, 0.3) is 0 Å². The van der Waals surface area contributed by atoms with Crippen molar-refractivity contribution in [2.75, 3.05) is 19.7 Å². The summed E-state index contributed by atoms with van der Waals surface area (Å²) in [4.78, 5) is 22.8. The standard InChI is InChI=1S/C16H24BrN3O2/c1-4-16(2,3)14(21)20-7-5-6-12(10-20)11-22-15-18-8-13(17)9-19-15/h8-9,12H,4-7,10-11H2,1-3H3. The Morgan fingerprint density at radius 3 is 2.77 bits per heavy atom. The molecule has 1 aromatic rings. The van der Waals surface area contributed by atoms with E-state index in [-0.39, 0.29) is 11.3 Å². The first-order valence-electron chi connectivity index (χ1n) is 7.82. The third-order valence-corrected chi connectivity index (χ3v) is 4.72. The van der Waals surface area contributed by atoms with Gasteiger partial charge in [0, 0.05) is 36.8 Å². The van der Waals surface area contributed by atoms with Crippen LogP contribution in [0.15, 0.2) is 16.9 Å². The lowest BCUT2D eigenvalue weighted by Crippen LogP contribution is -2.47. The van der Waals surface area contributed by atoms with E-state index in [4.69, 9.17) is 4.74 Å². The van der Waals surface area contributed by atoms with Gasteiger partial charge in [-0.1, -0.05) is 20.8 Å². The maximum absolute atomic E-state index is 12.6. The zero-order valence-corrected chi connectivity index (χ0v) is 15.1. The summed E-state index contributed by atoms with van der Waals surface area (Å²) in [6, 6.07) is 0.389. The number of piperidine rings is 1. The van der Waals surface area contributed by atoms with Crippen molar-refractivity contribution < 1.29 is 9.53 Å². The van der Waals surface area contributed by atoms with E-state index in [2.05, 4.69) is 32.8 Å². The molecule has 0 spiro atoms. The minimum absolute atomic E-state index is 0.250. The molecule has 1 aliphatic rings. The monoisotopic (exact) mass is 369 g/mol. The predicted molar refractivity (Wildman–Crippen MR) is 88.6 cm³/mol. The van der Waals surface area contributed by atoms with E-state index in [1.807, 2.05) is 18.7 Å². The summed E-state index contributed by atoms with van der Waals surface area (Å²) >= 11 is 3.30. The number of rotatable bonds is 5. The lowest BCUT2D eigenvalue weighted by Gasteiger charge is -2.37. The first-order valence-corrected chi connectivity index (χ1v) is 8.61. The Labute approximate surface area is 140 Å². The summed E-state index contributed by atoms with van der Waals surface area (Å²) in [6.45, 7) is 8.27. The molecule has 22 heavy (non-hydrogen) atoms. The highest BCUT2D eigenvalue weighted by Crippen LogP contribution is 2.26. The molecule has 122 valence electrons. The number of nitrogens with zero attached hydrogens (tertiary/aromatic N) is 3. The van der Waals surface area contributed by atoms with Gasteiger partial charge >= 0.3 is 6.01 Å². The SMILES string of the molecule is CCC(C)(C)C(=O)N1CCCC(COc2ncc(Br)cn2)C1. The largest absolute Gasteiger partial charge is 0.463 e. The lowest BCUT2D eigenvalue weighted by atomic mass is 9.87. The average molecular weight is 370 g/mol. The van der Waals surface area contributed by atoms with Crippen LogP contribution in [-0.4, -0.2) is 40.5 Å². The number of carbonyl (C=O) groups excluding carboxylic acids is 1. The highest BCUT2D eigenvalue weighted by Gasteiger charge is 2.33. The van der Waals surface area contributed by atoms with Gasteiger partial charge in [0.2, 0.25) is 5.91 Å². The third kappa shape index (κ3) is 4.41. The molecule has 0 saturated carbocycles. The van der Waals surface area contributed by atoms with Crippen molar-refractivity contribution in [3.63, 3.8) is 0 Å². The molecule has 6 heteroatoms. The van der Waals surface area contributed by atoms with E-state index in [1.54, 1.807) is 12.4 Å². The summed E-state index contributed by atoms with van der Waals surface area (Å²) in [5.41, 5.74) is -0.280. The Bertz CT molecular complexity index is 505. The predicted octanol–water partition coefficient (Wildman–Crippen LogP) is 3.29. The quantitative estimate of drug-likeness (QED) is 0.798. The van der Waals surface area contributed by atoms with Crippen molar-refractivity contribution in [3.8, 4) is 6.01 Å². The normalized spacial score (nSPS) is 19.1. The fourth-order valence-electron chi connectivity index (χ4n) is 2.53. The topological polar surface area (TPSA) is 55.3 Å². The highest BCUT2D eigenvalue weighted by molar-refractivity contribution is 9.10. The van der Waals surface area contributed by atoms with Gasteiger partial charge in [-0.2, -0.15) is 0 Å². The summed E-state index contributed by atoms with van der Waals surface area (Å²) in [5, 5.41) is 0. The van der Waals surface area contributed by atoms with Crippen LogP contribution in [0.4, 0.5) is 0 Å². The molecule has 0 radical (unpaired) electrons. The molecule has 1 amide bonds. The number of hydrogen-bond donors (Lipinski definition) is 0. The van der Waals surface area contributed by atoms with Gasteiger partial charge in [-0.15, -0.1) is 0 Å². The van der Waals surface area contributed by atoms with Gasteiger partial charge in [-0.3, -0.25) is 4.79 Å². The third-order valence-electron chi connectivity index (χ3n) is 4.31. The zero-order valence-electron chi connectivity index (χ0n) is 13.5. The van der Waals surface area contributed by atoms with Crippen LogP contribution in [0.2, 0.25) is 0 Å². The maximum Gasteiger partial charge on any atom is 0.316 e. The van der Waals surface area contributed by atoms with Crippen molar-refractivity contribution in [1.82, 2.24) is 14.9 Å². The Morgan fingerprint density at radius 2 is 2.14 bits per heavy atom. The van der Waals surface area contributed by atoms with Crippen LogP contribution in [0.5, 0.6) is 6.01 Å². The van der Waals surface area contributed by atoms with Crippen molar-refractivity contribution in [2.45, 2.75) is 40.0 Å². The molecule has 2 heterocycles. The van der Waals surface area contributed by atoms with E-state index in [0.29, 0.717) is 18.5 Å². The molecule has 1 aromatic heterocycles. The van der Waals surface area contributed by atoms with Crippen LogP contribution < -0.4 is 4.74 Å². The van der Waals surface area contributed by atoms with Crippen LogP contribution in [0, 0.1) is 11.3 Å². The van der Waals surface area contributed by atoms with Crippen LogP contribution in [0.1, 0.15) is 40.0 Å². The second-order valence-electron chi connectivity index (χ2n) is 6.49. The molecule has 1 unspecified atom stereocenters. The highest BCUT2D eigenvalue weighted by atomic mass is 79.9. The molecule has 0 aromatic carbocycles. The fraction of sp³-hybridized carbons (Fsp3) is 0.688. The van der Waals surface area contributed by atoms with E-state index in [9.17, 15) is 4.79 Å². The van der Waals surface area contributed by atoms with Gasteiger partial charge in [-0.25, -0.2) is 9.97 Å². The number of carbonyl (C=O) groups is 1. The average Bonchev–Trinajstić information content (AvgIpc) is 2.54. The Balaban J connectivity index is 1.88. The van der Waals surface area contributed by atoms with Gasteiger partial charge in [0.15, 0.2) is 0 Å². The van der Waals surface area contributed by atoms with Gasteiger partial charge in [0.25, 0.3) is 0 Å². The van der Waals surface area contributed by atoms with E-state index in [0.717, 1.165) is 36.8 Å². The molecule has 2 rings (SSSR count). The molecule has 0 N–H and O–H groups in total. The first-order chi connectivity index (χ1) is 10.4. The maximum atomic E-state index is 12.6. The summed E-state index contributed by atoms with van der Waals surface area (Å²) in [6.07, 6.45) is 6.30. The van der Waals surface area contributed by atoms with E-state index < -0.39 is 0 Å².